The lowest BCUT2D eigenvalue weighted by molar-refractivity contribution is -0.118. The molecule has 1 saturated carbocycles. The Bertz CT molecular complexity index is 1150. The third-order valence-electron chi connectivity index (χ3n) is 6.20. The maximum Gasteiger partial charge on any atom is 0.273 e. The van der Waals surface area contributed by atoms with Crippen LogP contribution in [0.5, 0.6) is 0 Å². The third kappa shape index (κ3) is 4.02. The Morgan fingerprint density at radius 2 is 1.88 bits per heavy atom. The minimum Gasteiger partial charge on any atom is -0.351 e. The fourth-order valence-corrected chi connectivity index (χ4v) is 4.31. The lowest BCUT2D eigenvalue weighted by Crippen LogP contribution is -2.31. The van der Waals surface area contributed by atoms with Gasteiger partial charge < -0.3 is 10.2 Å². The van der Waals surface area contributed by atoms with Crippen LogP contribution in [0.3, 0.4) is 0 Å². The molecule has 1 aromatic heterocycles. The summed E-state index contributed by atoms with van der Waals surface area (Å²) in [5, 5.41) is 11.4. The highest BCUT2D eigenvalue weighted by Gasteiger charge is 2.34. The van der Waals surface area contributed by atoms with Crippen molar-refractivity contribution in [1.29, 1.82) is 0 Å². The minimum absolute atomic E-state index is 0.105. The van der Waals surface area contributed by atoms with Crippen molar-refractivity contribution in [3.63, 3.8) is 0 Å². The number of benzene rings is 2. The number of nitrogens with one attached hydrogen (secondary N) is 1. The van der Waals surface area contributed by atoms with Crippen molar-refractivity contribution in [2.45, 2.75) is 44.9 Å². The molecule has 7 nitrogen and oxygen atoms in total. The second-order valence-electron chi connectivity index (χ2n) is 8.63. The molecule has 1 aliphatic carbocycles. The molecule has 0 atom stereocenters. The molecular formula is C25H27N5O2. The zero-order valence-electron chi connectivity index (χ0n) is 18.3. The van der Waals surface area contributed by atoms with Crippen molar-refractivity contribution in [2.24, 2.45) is 0 Å². The number of rotatable bonds is 7. The van der Waals surface area contributed by atoms with Crippen molar-refractivity contribution in [3.8, 4) is 5.69 Å². The average Bonchev–Trinajstić information content (AvgIpc) is 3.40. The molecule has 0 bridgehead atoms. The van der Waals surface area contributed by atoms with Crippen LogP contribution in [0.2, 0.25) is 0 Å². The number of hydrogen-bond donors (Lipinski definition) is 1. The summed E-state index contributed by atoms with van der Waals surface area (Å²) in [5.41, 5.74) is 5.61. The molecule has 1 fully saturated rings. The van der Waals surface area contributed by atoms with Crippen LogP contribution < -0.4 is 10.2 Å². The lowest BCUT2D eigenvalue weighted by Gasteiger charge is -2.17. The van der Waals surface area contributed by atoms with Crippen LogP contribution in [-0.4, -0.2) is 39.9 Å². The number of para-hydroxylation sites is 1. The van der Waals surface area contributed by atoms with E-state index in [9.17, 15) is 9.59 Å². The van der Waals surface area contributed by atoms with Gasteiger partial charge in [0.15, 0.2) is 5.69 Å². The molecule has 164 valence electrons. The highest BCUT2D eigenvalue weighted by Crippen LogP contribution is 2.42. The number of anilines is 1. The van der Waals surface area contributed by atoms with Crippen molar-refractivity contribution >= 4 is 17.5 Å². The van der Waals surface area contributed by atoms with Crippen molar-refractivity contribution < 1.29 is 9.59 Å². The summed E-state index contributed by atoms with van der Waals surface area (Å²) in [6.07, 6.45) is 3.99. The largest absolute Gasteiger partial charge is 0.351 e. The van der Waals surface area contributed by atoms with Crippen LogP contribution in [0, 0.1) is 6.92 Å². The van der Waals surface area contributed by atoms with Gasteiger partial charge in [0.2, 0.25) is 5.91 Å². The number of carbonyl (C=O) groups excluding carboxylic acids is 2. The van der Waals surface area contributed by atoms with Crippen molar-refractivity contribution in [1.82, 2.24) is 20.3 Å². The maximum absolute atomic E-state index is 12.8. The molecule has 2 amide bonds. The maximum atomic E-state index is 12.8. The summed E-state index contributed by atoms with van der Waals surface area (Å²) in [6.45, 7) is 3.21. The molecule has 1 N–H and O–H groups in total. The standard InChI is InChI=1S/C25H27N5O2/c1-17-8-12-20(13-9-17)30-24(19-10-11-19)23(27-28-30)25(32)26-15-4-7-22(31)29-16-14-18-5-2-3-6-21(18)29/h2-3,5-6,8-9,12-13,19H,4,7,10-11,14-16H2,1H3,(H,26,32). The van der Waals surface area contributed by atoms with Crippen molar-refractivity contribution in [3.05, 3.63) is 71.0 Å². The average molecular weight is 430 g/mol. The van der Waals surface area contributed by atoms with Gasteiger partial charge in [-0.25, -0.2) is 4.68 Å². The van der Waals surface area contributed by atoms with E-state index in [2.05, 4.69) is 21.7 Å². The Balaban J connectivity index is 1.19. The van der Waals surface area contributed by atoms with Gasteiger partial charge in [-0.15, -0.1) is 5.10 Å². The summed E-state index contributed by atoms with van der Waals surface area (Å²) in [5.74, 6) is 0.210. The predicted molar refractivity (Wildman–Crippen MR) is 122 cm³/mol. The van der Waals surface area contributed by atoms with E-state index in [1.165, 1.54) is 11.1 Å². The highest BCUT2D eigenvalue weighted by molar-refractivity contribution is 5.96. The van der Waals surface area contributed by atoms with Crippen LogP contribution in [-0.2, 0) is 11.2 Å². The Labute approximate surface area is 187 Å². The van der Waals surface area contributed by atoms with E-state index < -0.39 is 0 Å². The number of fused-ring (bicyclic) bond motifs is 1. The Morgan fingerprint density at radius 3 is 2.66 bits per heavy atom. The summed E-state index contributed by atoms with van der Waals surface area (Å²) in [6, 6.07) is 16.1. The van der Waals surface area contributed by atoms with Gasteiger partial charge in [-0.3, -0.25) is 9.59 Å². The Hall–Kier alpha value is -3.48. The SMILES string of the molecule is Cc1ccc(-n2nnc(C(=O)NCCCC(=O)N3CCc4ccccc43)c2C2CC2)cc1. The topological polar surface area (TPSA) is 80.1 Å². The normalized spacial score (nSPS) is 15.0. The van der Waals surface area contributed by atoms with Crippen LogP contribution in [0.25, 0.3) is 5.69 Å². The van der Waals surface area contributed by atoms with E-state index in [0.29, 0.717) is 31.0 Å². The molecule has 2 aliphatic rings. The number of nitrogens with zero attached hydrogens (tertiary/aromatic N) is 4. The Kier molecular flexibility index (Phi) is 5.47. The fourth-order valence-electron chi connectivity index (χ4n) is 4.31. The predicted octanol–water partition coefficient (Wildman–Crippen LogP) is 3.55. The monoisotopic (exact) mass is 429 g/mol. The van der Waals surface area contributed by atoms with Crippen LogP contribution in [0.15, 0.2) is 48.5 Å². The highest BCUT2D eigenvalue weighted by atomic mass is 16.2. The summed E-state index contributed by atoms with van der Waals surface area (Å²) < 4.78 is 1.79. The molecule has 0 radical (unpaired) electrons. The van der Waals surface area contributed by atoms with Gasteiger partial charge in [-0.05, 0) is 56.4 Å². The number of aryl methyl sites for hydroxylation is 1. The molecule has 5 rings (SSSR count). The van der Waals surface area contributed by atoms with E-state index in [-0.39, 0.29) is 11.8 Å². The van der Waals surface area contributed by atoms with Gasteiger partial charge >= 0.3 is 0 Å². The van der Waals surface area contributed by atoms with Crippen LogP contribution in [0.1, 0.15) is 58.9 Å². The number of carbonyl (C=O) groups is 2. The number of amides is 2. The summed E-state index contributed by atoms with van der Waals surface area (Å²) in [4.78, 5) is 27.3. The molecule has 1 aliphatic heterocycles. The van der Waals surface area contributed by atoms with Gasteiger partial charge in [-0.1, -0.05) is 41.1 Å². The molecule has 2 aromatic carbocycles. The molecular weight excluding hydrogens is 402 g/mol. The van der Waals surface area contributed by atoms with Crippen LogP contribution >= 0.6 is 0 Å². The molecule has 2 heterocycles. The number of aromatic nitrogens is 3. The molecule has 32 heavy (non-hydrogen) atoms. The van der Waals surface area contributed by atoms with Gasteiger partial charge in [0.1, 0.15) is 0 Å². The van der Waals surface area contributed by atoms with Gasteiger partial charge in [0.25, 0.3) is 5.91 Å². The zero-order valence-corrected chi connectivity index (χ0v) is 18.3. The quantitative estimate of drug-likeness (QED) is 0.583. The minimum atomic E-state index is -0.218. The second kappa shape index (κ2) is 8.57. The van der Waals surface area contributed by atoms with Gasteiger partial charge in [0, 0.05) is 31.1 Å². The lowest BCUT2D eigenvalue weighted by atomic mass is 10.2. The van der Waals surface area contributed by atoms with E-state index in [1.807, 2.05) is 54.3 Å². The first-order valence-electron chi connectivity index (χ1n) is 11.3. The fraction of sp³-hybridized carbons (Fsp3) is 0.360. The van der Waals surface area contributed by atoms with Crippen molar-refractivity contribution in [2.75, 3.05) is 18.0 Å². The van der Waals surface area contributed by atoms with E-state index in [4.69, 9.17) is 0 Å². The molecule has 0 unspecified atom stereocenters. The van der Waals surface area contributed by atoms with E-state index >= 15 is 0 Å². The third-order valence-corrected chi connectivity index (χ3v) is 6.20. The summed E-state index contributed by atoms with van der Waals surface area (Å²) >= 11 is 0. The van der Waals surface area contributed by atoms with E-state index in [1.54, 1.807) is 4.68 Å². The smallest absolute Gasteiger partial charge is 0.273 e. The molecule has 0 spiro atoms. The zero-order chi connectivity index (χ0) is 22.1. The van der Waals surface area contributed by atoms with E-state index in [0.717, 1.165) is 42.9 Å². The molecule has 3 aromatic rings. The number of hydrogen-bond acceptors (Lipinski definition) is 4. The Morgan fingerprint density at radius 1 is 1.09 bits per heavy atom. The van der Waals surface area contributed by atoms with Gasteiger partial charge in [-0.2, -0.15) is 0 Å². The first-order valence-corrected chi connectivity index (χ1v) is 11.3. The first-order chi connectivity index (χ1) is 15.6. The molecule has 7 heteroatoms. The molecule has 0 saturated heterocycles. The second-order valence-corrected chi connectivity index (χ2v) is 8.63. The van der Waals surface area contributed by atoms with Crippen LogP contribution in [0.4, 0.5) is 5.69 Å². The first kappa shape index (κ1) is 20.4. The summed E-state index contributed by atoms with van der Waals surface area (Å²) in [7, 11) is 0. The van der Waals surface area contributed by atoms with Gasteiger partial charge in [0.05, 0.1) is 11.4 Å².